The van der Waals surface area contributed by atoms with Crippen molar-refractivity contribution in [1.29, 1.82) is 0 Å². The van der Waals surface area contributed by atoms with Crippen molar-refractivity contribution in [3.05, 3.63) is 35.9 Å². The molecule has 0 heterocycles. The van der Waals surface area contributed by atoms with Crippen molar-refractivity contribution >= 4 is 11.9 Å². The molecule has 0 saturated carbocycles. The lowest BCUT2D eigenvalue weighted by molar-refractivity contribution is -0.141. The molecular formula is C27H44O5. The van der Waals surface area contributed by atoms with E-state index >= 15 is 0 Å². The average Bonchev–Trinajstić information content (AvgIpc) is 2.77. The molecule has 1 N–H and O–H groups in total. The first kappa shape index (κ1) is 28.2. The molecule has 1 rings (SSSR count). The zero-order chi connectivity index (χ0) is 23.3. The Morgan fingerprint density at radius 3 is 1.88 bits per heavy atom. The smallest absolute Gasteiger partial charge is 0.303 e. The number of hydrogen-bond acceptors (Lipinski definition) is 4. The van der Waals surface area contributed by atoms with Gasteiger partial charge in [0.1, 0.15) is 0 Å². The summed E-state index contributed by atoms with van der Waals surface area (Å²) in [7, 11) is 0. The van der Waals surface area contributed by atoms with Crippen molar-refractivity contribution in [3.8, 4) is 0 Å². The van der Waals surface area contributed by atoms with E-state index in [9.17, 15) is 9.59 Å². The number of benzene rings is 1. The van der Waals surface area contributed by atoms with Gasteiger partial charge in [-0.15, -0.1) is 0 Å². The fourth-order valence-corrected chi connectivity index (χ4v) is 3.85. The third kappa shape index (κ3) is 17.8. The van der Waals surface area contributed by atoms with Crippen molar-refractivity contribution in [2.24, 2.45) is 0 Å². The van der Waals surface area contributed by atoms with Gasteiger partial charge in [-0.1, -0.05) is 94.5 Å². The molecule has 0 aliphatic rings. The molecule has 0 fully saturated rings. The molecule has 5 heteroatoms. The Morgan fingerprint density at radius 2 is 1.31 bits per heavy atom. The molecule has 0 aliphatic carbocycles. The first-order chi connectivity index (χ1) is 15.6. The highest BCUT2D eigenvalue weighted by molar-refractivity contribution is 5.66. The number of carbonyl (C=O) groups is 2. The molecule has 0 aliphatic heterocycles. The third-order valence-electron chi connectivity index (χ3n) is 5.72. The highest BCUT2D eigenvalue weighted by Crippen LogP contribution is 2.18. The van der Waals surface area contributed by atoms with Crippen LogP contribution in [0.4, 0.5) is 0 Å². The summed E-state index contributed by atoms with van der Waals surface area (Å²) in [5.41, 5.74) is 1.22. The van der Waals surface area contributed by atoms with Crippen LogP contribution in [0.2, 0.25) is 0 Å². The van der Waals surface area contributed by atoms with Gasteiger partial charge in [0.15, 0.2) is 0 Å². The molecule has 32 heavy (non-hydrogen) atoms. The minimum Gasteiger partial charge on any atom is -0.481 e. The van der Waals surface area contributed by atoms with Gasteiger partial charge in [-0.3, -0.25) is 9.59 Å². The normalized spacial score (nSPS) is 11.9. The zero-order valence-corrected chi connectivity index (χ0v) is 20.1. The van der Waals surface area contributed by atoms with Crippen LogP contribution in [0, 0.1) is 0 Å². The summed E-state index contributed by atoms with van der Waals surface area (Å²) >= 11 is 0. The lowest BCUT2D eigenvalue weighted by Crippen LogP contribution is -2.13. The van der Waals surface area contributed by atoms with Crippen molar-refractivity contribution in [1.82, 2.24) is 0 Å². The molecule has 0 bridgehead atoms. The van der Waals surface area contributed by atoms with Crippen LogP contribution in [-0.2, 0) is 25.7 Å². The van der Waals surface area contributed by atoms with Gasteiger partial charge in [-0.25, -0.2) is 0 Å². The fourth-order valence-electron chi connectivity index (χ4n) is 3.85. The van der Waals surface area contributed by atoms with Gasteiger partial charge < -0.3 is 14.6 Å². The van der Waals surface area contributed by atoms with Crippen LogP contribution < -0.4 is 0 Å². The number of unbranched alkanes of at least 4 members (excludes halogenated alkanes) is 10. The first-order valence-corrected chi connectivity index (χ1v) is 12.6. The molecule has 0 amide bonds. The number of hydrogen-bond donors (Lipinski definition) is 1. The third-order valence-corrected chi connectivity index (χ3v) is 5.72. The molecular weight excluding hydrogens is 404 g/mol. The molecule has 0 aromatic heterocycles. The van der Waals surface area contributed by atoms with Gasteiger partial charge in [0.05, 0.1) is 19.3 Å². The van der Waals surface area contributed by atoms with E-state index in [-0.39, 0.29) is 12.4 Å². The minimum absolute atomic E-state index is 0.188. The zero-order valence-electron chi connectivity index (χ0n) is 20.1. The highest BCUT2D eigenvalue weighted by atomic mass is 16.5. The second kappa shape index (κ2) is 19.8. The number of carboxylic acids is 1. The number of carbonyl (C=O) groups excluding carboxylic acids is 1. The maximum atomic E-state index is 10.7. The van der Waals surface area contributed by atoms with E-state index in [0.29, 0.717) is 19.3 Å². The van der Waals surface area contributed by atoms with Gasteiger partial charge in [0.2, 0.25) is 0 Å². The lowest BCUT2D eigenvalue weighted by atomic mass is 10.0. The first-order valence-electron chi connectivity index (χ1n) is 12.6. The highest BCUT2D eigenvalue weighted by Gasteiger charge is 2.10. The van der Waals surface area contributed by atoms with E-state index in [2.05, 4.69) is 24.3 Å². The predicted octanol–water partition coefficient (Wildman–Crippen LogP) is 7.07. The summed E-state index contributed by atoms with van der Waals surface area (Å²) < 4.78 is 11.2. The number of rotatable bonds is 21. The molecule has 1 aromatic rings. The molecule has 182 valence electrons. The monoisotopic (exact) mass is 448 g/mol. The lowest BCUT2D eigenvalue weighted by Gasteiger charge is -2.18. The Bertz CT molecular complexity index is 587. The van der Waals surface area contributed by atoms with E-state index in [0.717, 1.165) is 57.8 Å². The van der Waals surface area contributed by atoms with Gasteiger partial charge >= 0.3 is 11.9 Å². The quantitative estimate of drug-likeness (QED) is 0.161. The van der Waals surface area contributed by atoms with Crippen molar-refractivity contribution in [3.63, 3.8) is 0 Å². The van der Waals surface area contributed by atoms with E-state index in [1.165, 1.54) is 44.6 Å². The summed E-state index contributed by atoms with van der Waals surface area (Å²) in [6.07, 6.45) is 16.2. The van der Waals surface area contributed by atoms with E-state index in [4.69, 9.17) is 14.6 Å². The number of aliphatic carboxylic acids is 1. The predicted molar refractivity (Wildman–Crippen MR) is 129 cm³/mol. The topological polar surface area (TPSA) is 72.8 Å². The number of esters is 1. The maximum Gasteiger partial charge on any atom is 0.303 e. The van der Waals surface area contributed by atoms with Crippen LogP contribution in [0.5, 0.6) is 0 Å². The van der Waals surface area contributed by atoms with Crippen molar-refractivity contribution in [2.45, 2.75) is 116 Å². The fraction of sp³-hybridized carbons (Fsp3) is 0.704. The Hall–Kier alpha value is -1.88. The van der Waals surface area contributed by atoms with Crippen molar-refractivity contribution in [2.75, 3.05) is 6.61 Å². The number of ether oxygens (including phenoxy) is 2. The largest absolute Gasteiger partial charge is 0.481 e. The standard InChI is InChI=1S/C27H44O5/c1-24(28)31-22-16-9-4-2-3-6-13-19-26(32-23-25-17-11-10-12-18-25)20-14-7-5-8-15-21-27(29)30/h10-12,17-18,26H,2-9,13-16,19-23H2,1H3,(H,29,30). The maximum absolute atomic E-state index is 10.7. The van der Waals surface area contributed by atoms with Crippen molar-refractivity contribution < 1.29 is 24.2 Å². The molecule has 5 nitrogen and oxygen atoms in total. The molecule has 0 radical (unpaired) electrons. The Morgan fingerprint density at radius 1 is 0.781 bits per heavy atom. The SMILES string of the molecule is CC(=O)OCCCCCCCCCC(CCCCCCCC(=O)O)OCc1ccccc1. The second-order valence-electron chi connectivity index (χ2n) is 8.72. The molecule has 0 spiro atoms. The molecule has 0 saturated heterocycles. The summed E-state index contributed by atoms with van der Waals surface area (Å²) in [6.45, 7) is 2.68. The minimum atomic E-state index is -0.693. The molecule has 1 aromatic carbocycles. The van der Waals surface area contributed by atoms with E-state index in [1.807, 2.05) is 6.07 Å². The Kier molecular flexibility index (Phi) is 17.4. The van der Waals surface area contributed by atoms with Gasteiger partial charge in [-0.2, -0.15) is 0 Å². The Balaban J connectivity index is 2.15. The van der Waals surface area contributed by atoms with Gasteiger partial charge in [0, 0.05) is 13.3 Å². The summed E-state index contributed by atoms with van der Waals surface area (Å²) in [6, 6.07) is 10.4. The van der Waals surface area contributed by atoms with Crippen LogP contribution in [-0.4, -0.2) is 29.8 Å². The van der Waals surface area contributed by atoms with Crippen LogP contribution in [0.15, 0.2) is 30.3 Å². The Labute approximate surface area is 194 Å². The van der Waals surface area contributed by atoms with Crippen LogP contribution in [0.3, 0.4) is 0 Å². The van der Waals surface area contributed by atoms with Crippen LogP contribution in [0.25, 0.3) is 0 Å². The summed E-state index contributed by atoms with van der Waals surface area (Å²) in [4.78, 5) is 21.3. The second-order valence-corrected chi connectivity index (χ2v) is 8.72. The van der Waals surface area contributed by atoms with Gasteiger partial charge in [0.25, 0.3) is 0 Å². The van der Waals surface area contributed by atoms with E-state index in [1.54, 1.807) is 0 Å². The molecule has 1 atom stereocenters. The van der Waals surface area contributed by atoms with Crippen LogP contribution in [0.1, 0.15) is 109 Å². The van der Waals surface area contributed by atoms with Gasteiger partial charge in [-0.05, 0) is 31.2 Å². The summed E-state index contributed by atoms with van der Waals surface area (Å²) in [5.74, 6) is -0.881. The molecule has 1 unspecified atom stereocenters. The average molecular weight is 449 g/mol. The number of carboxylic acid groups (broad SMARTS) is 1. The van der Waals surface area contributed by atoms with E-state index < -0.39 is 5.97 Å². The van der Waals surface area contributed by atoms with Crippen LogP contribution >= 0.6 is 0 Å². The summed E-state index contributed by atoms with van der Waals surface area (Å²) in [5, 5.41) is 8.71.